The lowest BCUT2D eigenvalue weighted by molar-refractivity contribution is 0.438. The van der Waals surface area contributed by atoms with Crippen molar-refractivity contribution < 1.29 is 13.9 Å². The van der Waals surface area contributed by atoms with Gasteiger partial charge in [0.2, 0.25) is 5.88 Å². The first-order valence-electron chi connectivity index (χ1n) is 5.10. The Labute approximate surface area is 103 Å². The minimum Gasteiger partial charge on any atom is -0.504 e. The van der Waals surface area contributed by atoms with Crippen LogP contribution in [0.2, 0.25) is 5.02 Å². The van der Waals surface area contributed by atoms with Crippen LogP contribution in [-0.4, -0.2) is 5.11 Å². The van der Waals surface area contributed by atoms with Crippen LogP contribution in [0.25, 0.3) is 11.1 Å². The van der Waals surface area contributed by atoms with Crippen molar-refractivity contribution >= 4 is 17.5 Å². The fraction of sp³-hybridized carbons (Fsp3) is 0.167. The van der Waals surface area contributed by atoms with Crippen LogP contribution >= 0.6 is 11.6 Å². The highest BCUT2D eigenvalue weighted by molar-refractivity contribution is 6.33. The van der Waals surface area contributed by atoms with Gasteiger partial charge in [-0.25, -0.2) is 4.39 Å². The molecule has 1 aromatic heterocycles. The van der Waals surface area contributed by atoms with E-state index in [1.807, 2.05) is 6.92 Å². The number of furan rings is 1. The number of nitrogens with two attached hydrogens (primary N) is 1. The molecule has 0 atom stereocenters. The number of nitrogen functional groups attached to an aromatic ring is 1. The van der Waals surface area contributed by atoms with Gasteiger partial charge in [-0.05, 0) is 6.07 Å². The molecule has 0 spiro atoms. The SMILES string of the molecule is CCc1oc(N)c(-c2cccc(F)c2Cl)c1O. The number of halogens is 2. The van der Waals surface area contributed by atoms with Crippen molar-refractivity contribution in [3.05, 3.63) is 34.8 Å². The second kappa shape index (κ2) is 4.30. The summed E-state index contributed by atoms with van der Waals surface area (Å²) in [5.41, 5.74) is 6.23. The molecule has 0 fully saturated rings. The molecule has 1 heterocycles. The second-order valence-electron chi connectivity index (χ2n) is 3.57. The summed E-state index contributed by atoms with van der Waals surface area (Å²) in [6.45, 7) is 1.81. The van der Waals surface area contributed by atoms with Gasteiger partial charge in [-0.3, -0.25) is 0 Å². The van der Waals surface area contributed by atoms with Gasteiger partial charge < -0.3 is 15.3 Å². The normalized spacial score (nSPS) is 10.8. The highest BCUT2D eigenvalue weighted by Gasteiger charge is 2.21. The van der Waals surface area contributed by atoms with E-state index in [0.29, 0.717) is 17.7 Å². The topological polar surface area (TPSA) is 59.4 Å². The first kappa shape index (κ1) is 11.8. The number of hydrogen-bond donors (Lipinski definition) is 2. The van der Waals surface area contributed by atoms with Crippen molar-refractivity contribution in [1.82, 2.24) is 0 Å². The molecule has 2 aromatic rings. The van der Waals surface area contributed by atoms with Crippen molar-refractivity contribution in [2.24, 2.45) is 0 Å². The van der Waals surface area contributed by atoms with E-state index in [-0.39, 0.29) is 22.2 Å². The van der Waals surface area contributed by atoms with Crippen LogP contribution in [0, 0.1) is 5.82 Å². The Morgan fingerprint density at radius 3 is 2.76 bits per heavy atom. The molecule has 0 amide bonds. The van der Waals surface area contributed by atoms with Gasteiger partial charge in [-0.2, -0.15) is 0 Å². The summed E-state index contributed by atoms with van der Waals surface area (Å²) in [7, 11) is 0. The van der Waals surface area contributed by atoms with Crippen LogP contribution < -0.4 is 5.73 Å². The fourth-order valence-electron chi connectivity index (χ4n) is 1.68. The molecule has 5 heteroatoms. The summed E-state index contributed by atoms with van der Waals surface area (Å²) in [5, 5.41) is 9.84. The van der Waals surface area contributed by atoms with Crippen molar-refractivity contribution in [1.29, 1.82) is 0 Å². The lowest BCUT2D eigenvalue weighted by Crippen LogP contribution is -1.88. The Bertz CT molecular complexity index is 566. The molecule has 0 saturated heterocycles. The molecule has 0 aliphatic heterocycles. The number of benzene rings is 1. The quantitative estimate of drug-likeness (QED) is 0.862. The number of hydrogen-bond acceptors (Lipinski definition) is 3. The zero-order valence-corrected chi connectivity index (χ0v) is 9.88. The molecule has 17 heavy (non-hydrogen) atoms. The van der Waals surface area contributed by atoms with E-state index in [2.05, 4.69) is 0 Å². The van der Waals surface area contributed by atoms with Gasteiger partial charge in [0.15, 0.2) is 5.75 Å². The molecule has 0 saturated carbocycles. The molecule has 1 aromatic carbocycles. The zero-order valence-electron chi connectivity index (χ0n) is 9.13. The standard InChI is InChI=1S/C12H11ClFNO2/c1-2-8-11(16)9(12(15)17-8)6-4-3-5-7(14)10(6)13/h3-5,16H,2,15H2,1H3. The van der Waals surface area contributed by atoms with E-state index < -0.39 is 5.82 Å². The van der Waals surface area contributed by atoms with Gasteiger partial charge in [-0.1, -0.05) is 30.7 Å². The van der Waals surface area contributed by atoms with Crippen molar-refractivity contribution in [2.75, 3.05) is 5.73 Å². The first-order valence-corrected chi connectivity index (χ1v) is 5.48. The highest BCUT2D eigenvalue weighted by Crippen LogP contribution is 2.43. The van der Waals surface area contributed by atoms with Crippen LogP contribution in [-0.2, 0) is 6.42 Å². The molecule has 3 N–H and O–H groups in total. The summed E-state index contributed by atoms with van der Waals surface area (Å²) in [6, 6.07) is 4.31. The maximum Gasteiger partial charge on any atom is 0.202 e. The zero-order chi connectivity index (χ0) is 12.6. The maximum absolute atomic E-state index is 13.3. The number of rotatable bonds is 2. The predicted molar refractivity (Wildman–Crippen MR) is 64.6 cm³/mol. The molecule has 0 bridgehead atoms. The van der Waals surface area contributed by atoms with E-state index in [1.165, 1.54) is 12.1 Å². The van der Waals surface area contributed by atoms with Gasteiger partial charge in [0.05, 0.1) is 10.6 Å². The molecule has 3 nitrogen and oxygen atoms in total. The van der Waals surface area contributed by atoms with Crippen LogP contribution in [0.3, 0.4) is 0 Å². The van der Waals surface area contributed by atoms with E-state index in [9.17, 15) is 9.50 Å². The van der Waals surface area contributed by atoms with Gasteiger partial charge >= 0.3 is 0 Å². The minimum atomic E-state index is -0.567. The average Bonchev–Trinajstić information content (AvgIpc) is 2.58. The van der Waals surface area contributed by atoms with E-state index in [4.69, 9.17) is 21.8 Å². The monoisotopic (exact) mass is 255 g/mol. The lowest BCUT2D eigenvalue weighted by atomic mass is 10.1. The van der Waals surface area contributed by atoms with Gasteiger partial charge in [0.1, 0.15) is 11.6 Å². The van der Waals surface area contributed by atoms with Crippen molar-refractivity contribution in [3.8, 4) is 16.9 Å². The maximum atomic E-state index is 13.3. The summed E-state index contributed by atoms with van der Waals surface area (Å²) >= 11 is 5.84. The fourth-order valence-corrected chi connectivity index (χ4v) is 1.91. The smallest absolute Gasteiger partial charge is 0.202 e. The van der Waals surface area contributed by atoms with Crippen molar-refractivity contribution in [2.45, 2.75) is 13.3 Å². The number of aryl methyl sites for hydroxylation is 1. The predicted octanol–water partition coefficient (Wildman–Crippen LogP) is 3.59. The van der Waals surface area contributed by atoms with Crippen LogP contribution in [0.5, 0.6) is 5.75 Å². The Morgan fingerprint density at radius 1 is 1.47 bits per heavy atom. The Kier molecular flexibility index (Phi) is 2.98. The summed E-state index contributed by atoms with van der Waals surface area (Å²) in [5.74, 6) is -0.260. The highest BCUT2D eigenvalue weighted by atomic mass is 35.5. The van der Waals surface area contributed by atoms with Gasteiger partial charge in [0, 0.05) is 12.0 Å². The number of aromatic hydroxyl groups is 1. The van der Waals surface area contributed by atoms with Crippen molar-refractivity contribution in [3.63, 3.8) is 0 Å². The Morgan fingerprint density at radius 2 is 2.18 bits per heavy atom. The summed E-state index contributed by atoms with van der Waals surface area (Å²) < 4.78 is 18.5. The average molecular weight is 256 g/mol. The Balaban J connectivity index is 2.68. The minimum absolute atomic E-state index is 0.0341. The molecular weight excluding hydrogens is 245 g/mol. The largest absolute Gasteiger partial charge is 0.504 e. The molecule has 0 aliphatic rings. The van der Waals surface area contributed by atoms with Crippen LogP contribution in [0.1, 0.15) is 12.7 Å². The third-order valence-electron chi connectivity index (χ3n) is 2.52. The third kappa shape index (κ3) is 1.85. The van der Waals surface area contributed by atoms with E-state index in [0.717, 1.165) is 0 Å². The van der Waals surface area contributed by atoms with Gasteiger partial charge in [0.25, 0.3) is 0 Å². The van der Waals surface area contributed by atoms with E-state index >= 15 is 0 Å². The molecule has 2 rings (SSSR count). The lowest BCUT2D eigenvalue weighted by Gasteiger charge is -2.04. The van der Waals surface area contributed by atoms with Crippen LogP contribution in [0.4, 0.5) is 10.3 Å². The van der Waals surface area contributed by atoms with E-state index in [1.54, 1.807) is 6.07 Å². The Hall–Kier alpha value is -1.68. The second-order valence-corrected chi connectivity index (χ2v) is 3.95. The molecule has 0 unspecified atom stereocenters. The van der Waals surface area contributed by atoms with Crippen LogP contribution in [0.15, 0.2) is 22.6 Å². The number of anilines is 1. The molecule has 0 radical (unpaired) electrons. The molecule has 90 valence electrons. The summed E-state index contributed by atoms with van der Waals surface area (Å²) in [6.07, 6.45) is 0.489. The summed E-state index contributed by atoms with van der Waals surface area (Å²) in [4.78, 5) is 0. The molecular formula is C12H11ClFNO2. The first-order chi connectivity index (χ1) is 8.06. The van der Waals surface area contributed by atoms with Gasteiger partial charge in [-0.15, -0.1) is 0 Å². The molecule has 0 aliphatic carbocycles. The third-order valence-corrected chi connectivity index (χ3v) is 2.91.